The number of hydrogen-bond acceptors (Lipinski definition) is 2. The van der Waals surface area contributed by atoms with Crippen LogP contribution in [-0.2, 0) is 4.79 Å². The number of nitrogens with one attached hydrogen (secondary N) is 1. The maximum atomic E-state index is 12.7. The number of alkyl halides is 5. The first kappa shape index (κ1) is 15.5. The lowest BCUT2D eigenvalue weighted by Gasteiger charge is -2.28. The summed E-state index contributed by atoms with van der Waals surface area (Å²) in [7, 11) is 0. The van der Waals surface area contributed by atoms with E-state index in [1.54, 1.807) is 11.6 Å². The molecule has 0 spiro atoms. The molecule has 106 valence electrons. The van der Waals surface area contributed by atoms with Gasteiger partial charge in [0.15, 0.2) is 0 Å². The largest absolute Gasteiger partial charge is 0.463 e. The van der Waals surface area contributed by atoms with E-state index in [9.17, 15) is 26.7 Å². The molecule has 1 aliphatic rings. The lowest BCUT2D eigenvalue weighted by Crippen LogP contribution is -2.52. The molecule has 18 heavy (non-hydrogen) atoms. The van der Waals surface area contributed by atoms with Crippen LogP contribution in [0.15, 0.2) is 0 Å². The molecule has 0 bridgehead atoms. The van der Waals surface area contributed by atoms with Gasteiger partial charge in [-0.3, -0.25) is 4.79 Å². The summed E-state index contributed by atoms with van der Waals surface area (Å²) in [5.74, 6) is -7.60. The third-order valence-corrected chi connectivity index (χ3v) is 4.58. The van der Waals surface area contributed by atoms with Gasteiger partial charge in [-0.05, 0) is 19.1 Å². The van der Waals surface area contributed by atoms with Gasteiger partial charge in [-0.2, -0.15) is 33.7 Å². The van der Waals surface area contributed by atoms with Crippen molar-refractivity contribution in [1.82, 2.24) is 5.32 Å². The zero-order valence-corrected chi connectivity index (χ0v) is 10.6. The fourth-order valence-corrected chi connectivity index (χ4v) is 2.87. The highest BCUT2D eigenvalue weighted by atomic mass is 32.2. The number of amides is 1. The van der Waals surface area contributed by atoms with Crippen LogP contribution in [0.4, 0.5) is 22.0 Å². The van der Waals surface area contributed by atoms with Crippen LogP contribution in [0.2, 0.25) is 0 Å². The van der Waals surface area contributed by atoms with Crippen molar-refractivity contribution in [3.63, 3.8) is 0 Å². The van der Waals surface area contributed by atoms with E-state index in [4.69, 9.17) is 0 Å². The minimum atomic E-state index is -5.85. The second-order valence-corrected chi connectivity index (χ2v) is 5.62. The van der Waals surface area contributed by atoms with Crippen LogP contribution in [0.25, 0.3) is 0 Å². The fraction of sp³-hybridized carbons (Fsp3) is 0.900. The Bertz CT molecular complexity index is 312. The van der Waals surface area contributed by atoms with Crippen LogP contribution in [0.5, 0.6) is 0 Å². The first-order chi connectivity index (χ1) is 8.15. The highest BCUT2D eigenvalue weighted by Crippen LogP contribution is 2.40. The summed E-state index contributed by atoms with van der Waals surface area (Å²) < 4.78 is 60.8. The van der Waals surface area contributed by atoms with Gasteiger partial charge < -0.3 is 5.32 Å². The number of thioether (sulfide) groups is 1. The van der Waals surface area contributed by atoms with Gasteiger partial charge in [-0.25, -0.2) is 0 Å². The third kappa shape index (κ3) is 3.07. The monoisotopic (exact) mass is 291 g/mol. The van der Waals surface area contributed by atoms with Crippen molar-refractivity contribution in [1.29, 1.82) is 0 Å². The van der Waals surface area contributed by atoms with Crippen LogP contribution in [0, 0.1) is 0 Å². The smallest absolute Gasteiger partial charge is 0.349 e. The molecule has 0 saturated heterocycles. The molecule has 2 nitrogen and oxygen atoms in total. The van der Waals surface area contributed by atoms with Crippen LogP contribution < -0.4 is 5.32 Å². The summed E-state index contributed by atoms with van der Waals surface area (Å²) in [6.07, 6.45) is -0.866. The van der Waals surface area contributed by atoms with Gasteiger partial charge in [-0.1, -0.05) is 12.8 Å². The van der Waals surface area contributed by atoms with E-state index in [1.807, 2.05) is 0 Å². The molecule has 0 heterocycles. The van der Waals surface area contributed by atoms with Gasteiger partial charge in [-0.15, -0.1) is 0 Å². The number of carbonyl (C=O) groups is 1. The van der Waals surface area contributed by atoms with Crippen molar-refractivity contribution >= 4 is 17.7 Å². The van der Waals surface area contributed by atoms with E-state index >= 15 is 0 Å². The Labute approximate surface area is 106 Å². The van der Waals surface area contributed by atoms with E-state index in [1.165, 1.54) is 11.8 Å². The molecule has 1 fully saturated rings. The number of rotatable bonds is 4. The summed E-state index contributed by atoms with van der Waals surface area (Å²) >= 11 is 1.40. The Morgan fingerprint density at radius 1 is 1.22 bits per heavy atom. The van der Waals surface area contributed by atoms with Gasteiger partial charge in [0.05, 0.1) is 0 Å². The highest BCUT2D eigenvalue weighted by Gasteiger charge is 2.63. The Morgan fingerprint density at radius 3 is 2.11 bits per heavy atom. The van der Waals surface area contributed by atoms with E-state index in [0.29, 0.717) is 12.8 Å². The van der Waals surface area contributed by atoms with Gasteiger partial charge in [0.25, 0.3) is 5.91 Å². The minimum absolute atomic E-state index is 0.154. The zero-order chi connectivity index (χ0) is 14.0. The highest BCUT2D eigenvalue weighted by molar-refractivity contribution is 8.00. The van der Waals surface area contributed by atoms with Crippen molar-refractivity contribution < 1.29 is 26.7 Å². The lowest BCUT2D eigenvalue weighted by atomic mass is 10.1. The normalized spacial score (nSPS) is 19.9. The summed E-state index contributed by atoms with van der Waals surface area (Å²) in [5, 5.41) is 1.73. The van der Waals surface area contributed by atoms with Crippen LogP contribution in [0.1, 0.15) is 25.7 Å². The average Bonchev–Trinajstić information content (AvgIpc) is 2.73. The molecule has 1 N–H and O–H groups in total. The summed E-state index contributed by atoms with van der Waals surface area (Å²) in [6, 6.07) is 0. The maximum Gasteiger partial charge on any atom is 0.463 e. The first-order valence-corrected chi connectivity index (χ1v) is 6.65. The maximum absolute atomic E-state index is 12.7. The van der Waals surface area contributed by atoms with Gasteiger partial charge in [0, 0.05) is 11.3 Å². The predicted octanol–water partition coefficient (Wildman–Crippen LogP) is 2.98. The Balaban J connectivity index is 2.61. The molecule has 0 aromatic carbocycles. The Hall–Kier alpha value is -0.530. The number of hydrogen-bond donors (Lipinski definition) is 1. The van der Waals surface area contributed by atoms with Crippen LogP contribution in [-0.4, -0.2) is 35.6 Å². The first-order valence-electron chi connectivity index (χ1n) is 5.43. The topological polar surface area (TPSA) is 29.1 Å². The molecule has 1 saturated carbocycles. The molecular formula is C10H14F5NOS. The molecule has 1 rings (SSSR count). The van der Waals surface area contributed by atoms with Crippen molar-refractivity contribution in [3.05, 3.63) is 0 Å². The molecular weight excluding hydrogens is 277 g/mol. The Kier molecular flexibility index (Phi) is 4.51. The van der Waals surface area contributed by atoms with E-state index < -0.39 is 22.8 Å². The molecule has 0 aliphatic heterocycles. The quantitative estimate of drug-likeness (QED) is 0.807. The number of carbonyl (C=O) groups excluding carboxylic acids is 1. The van der Waals surface area contributed by atoms with Gasteiger partial charge >= 0.3 is 12.1 Å². The van der Waals surface area contributed by atoms with Crippen molar-refractivity contribution in [2.24, 2.45) is 0 Å². The summed E-state index contributed by atoms with van der Waals surface area (Å²) in [6.45, 7) is -0.154. The lowest BCUT2D eigenvalue weighted by molar-refractivity contribution is -0.269. The average molecular weight is 291 g/mol. The second kappa shape index (κ2) is 5.22. The van der Waals surface area contributed by atoms with Gasteiger partial charge in [0.2, 0.25) is 0 Å². The van der Waals surface area contributed by atoms with E-state index in [0.717, 1.165) is 12.8 Å². The molecule has 0 aromatic heterocycles. The van der Waals surface area contributed by atoms with Gasteiger partial charge in [0.1, 0.15) is 0 Å². The van der Waals surface area contributed by atoms with E-state index in [-0.39, 0.29) is 6.54 Å². The fourth-order valence-electron chi connectivity index (χ4n) is 1.95. The van der Waals surface area contributed by atoms with Crippen LogP contribution >= 0.6 is 11.8 Å². The second-order valence-electron chi connectivity index (χ2n) is 4.35. The third-order valence-electron chi connectivity index (χ3n) is 3.16. The molecule has 0 atom stereocenters. The summed E-state index contributed by atoms with van der Waals surface area (Å²) in [4.78, 5) is 10.9. The minimum Gasteiger partial charge on any atom is -0.349 e. The standard InChI is InChI=1S/C10H14F5NOS/c1-18-8(4-2-3-5-8)6-16-7(17)9(11,12)10(13,14)15/h2-6H2,1H3,(H,16,17). The molecule has 0 unspecified atom stereocenters. The molecule has 0 aromatic rings. The van der Waals surface area contributed by atoms with Crippen molar-refractivity contribution in [2.45, 2.75) is 42.5 Å². The Morgan fingerprint density at radius 2 is 1.72 bits per heavy atom. The SMILES string of the molecule is CSC1(CNC(=O)C(F)(F)C(F)(F)F)CCCC1. The zero-order valence-electron chi connectivity index (χ0n) is 9.74. The van der Waals surface area contributed by atoms with Crippen molar-refractivity contribution in [3.8, 4) is 0 Å². The van der Waals surface area contributed by atoms with Crippen LogP contribution in [0.3, 0.4) is 0 Å². The van der Waals surface area contributed by atoms with E-state index in [2.05, 4.69) is 0 Å². The number of halogens is 5. The molecule has 8 heteroatoms. The predicted molar refractivity (Wildman–Crippen MR) is 58.7 cm³/mol. The molecule has 1 amide bonds. The summed E-state index contributed by atoms with van der Waals surface area (Å²) in [5.41, 5.74) is 0. The van der Waals surface area contributed by atoms with Crippen molar-refractivity contribution in [2.75, 3.05) is 12.8 Å². The molecule has 0 radical (unpaired) electrons. The molecule has 1 aliphatic carbocycles.